The first-order chi connectivity index (χ1) is 15.0. The molecular formula is C23H21ClN4O3. The SMILES string of the molecule is O=C(CN1C(=O)C2CCCCC2C1=O)Nc1ccc2nc(-c3ccccc3Cl)[nH]c2c1. The Bertz CT molecular complexity index is 1180. The summed E-state index contributed by atoms with van der Waals surface area (Å²) in [6.07, 6.45) is 3.39. The highest BCUT2D eigenvalue weighted by atomic mass is 35.5. The number of fused-ring (bicyclic) bond motifs is 2. The molecule has 2 heterocycles. The first kappa shape index (κ1) is 19.8. The second kappa shape index (κ2) is 7.81. The van der Waals surface area contributed by atoms with E-state index in [2.05, 4.69) is 15.3 Å². The Kier molecular flexibility index (Phi) is 4.98. The minimum absolute atomic E-state index is 0.210. The number of hydrogen-bond acceptors (Lipinski definition) is 4. The predicted molar refractivity (Wildman–Crippen MR) is 117 cm³/mol. The molecule has 1 saturated heterocycles. The van der Waals surface area contributed by atoms with Crippen molar-refractivity contribution in [3.63, 3.8) is 0 Å². The summed E-state index contributed by atoms with van der Waals surface area (Å²) in [4.78, 5) is 46.6. The number of anilines is 1. The number of amides is 3. The fourth-order valence-corrected chi connectivity index (χ4v) is 4.82. The average molecular weight is 437 g/mol. The molecule has 0 bridgehead atoms. The quantitative estimate of drug-likeness (QED) is 0.604. The number of halogens is 1. The standard InChI is InChI=1S/C23H21ClN4O3/c24-17-8-4-3-7-16(17)21-26-18-10-9-13(11-19(18)27-21)25-20(29)12-28-22(30)14-5-1-2-6-15(14)23(28)31/h3-4,7-11,14-15H,1-2,5-6,12H2,(H,25,29)(H,26,27). The highest BCUT2D eigenvalue weighted by Gasteiger charge is 2.48. The third kappa shape index (κ3) is 3.59. The molecule has 2 N–H and O–H groups in total. The maximum absolute atomic E-state index is 12.6. The number of likely N-dealkylation sites (tertiary alicyclic amines) is 1. The van der Waals surface area contributed by atoms with Gasteiger partial charge in [-0.3, -0.25) is 19.3 Å². The van der Waals surface area contributed by atoms with Crippen molar-refractivity contribution in [1.82, 2.24) is 14.9 Å². The van der Waals surface area contributed by atoms with Gasteiger partial charge in [0.05, 0.1) is 27.9 Å². The summed E-state index contributed by atoms with van der Waals surface area (Å²) in [6.45, 7) is -0.253. The van der Waals surface area contributed by atoms with E-state index in [1.165, 1.54) is 0 Å². The number of imide groups is 1. The number of carbonyl (C=O) groups is 3. The van der Waals surface area contributed by atoms with Gasteiger partial charge in [0.25, 0.3) is 0 Å². The van der Waals surface area contributed by atoms with E-state index in [0.29, 0.717) is 16.5 Å². The zero-order valence-electron chi connectivity index (χ0n) is 16.7. The monoisotopic (exact) mass is 436 g/mol. The molecule has 3 amide bonds. The minimum Gasteiger partial charge on any atom is -0.338 e. The Morgan fingerprint density at radius 3 is 2.52 bits per heavy atom. The van der Waals surface area contributed by atoms with Gasteiger partial charge >= 0.3 is 0 Å². The highest BCUT2D eigenvalue weighted by molar-refractivity contribution is 6.33. The summed E-state index contributed by atoms with van der Waals surface area (Å²) in [6, 6.07) is 12.7. The maximum atomic E-state index is 12.6. The Balaban J connectivity index is 1.31. The minimum atomic E-state index is -0.398. The zero-order valence-corrected chi connectivity index (χ0v) is 17.5. The van der Waals surface area contributed by atoms with Gasteiger partial charge in [-0.25, -0.2) is 4.98 Å². The smallest absolute Gasteiger partial charge is 0.244 e. The van der Waals surface area contributed by atoms with Crippen molar-refractivity contribution < 1.29 is 14.4 Å². The number of imidazole rings is 1. The van der Waals surface area contributed by atoms with Crippen LogP contribution in [0.3, 0.4) is 0 Å². The lowest BCUT2D eigenvalue weighted by atomic mass is 9.81. The molecule has 2 atom stereocenters. The Morgan fingerprint density at radius 2 is 1.81 bits per heavy atom. The van der Waals surface area contributed by atoms with Crippen LogP contribution < -0.4 is 5.32 Å². The van der Waals surface area contributed by atoms with Crippen LogP contribution in [0.1, 0.15) is 25.7 Å². The average Bonchev–Trinajstić information content (AvgIpc) is 3.29. The number of carbonyl (C=O) groups excluding carboxylic acids is 3. The number of rotatable bonds is 4. The first-order valence-corrected chi connectivity index (χ1v) is 10.8. The van der Waals surface area contributed by atoms with Crippen LogP contribution in [0, 0.1) is 11.8 Å². The van der Waals surface area contributed by atoms with E-state index >= 15 is 0 Å². The summed E-state index contributed by atoms with van der Waals surface area (Å²) in [5.74, 6) is -0.681. The lowest BCUT2D eigenvalue weighted by molar-refractivity contribution is -0.142. The van der Waals surface area contributed by atoms with E-state index in [4.69, 9.17) is 11.6 Å². The molecule has 7 nitrogen and oxygen atoms in total. The van der Waals surface area contributed by atoms with Gasteiger partial charge < -0.3 is 10.3 Å². The van der Waals surface area contributed by atoms with Crippen LogP contribution >= 0.6 is 11.6 Å². The Hall–Kier alpha value is -3.19. The summed E-state index contributed by atoms with van der Waals surface area (Å²) < 4.78 is 0. The van der Waals surface area contributed by atoms with Gasteiger partial charge in [-0.2, -0.15) is 0 Å². The highest BCUT2D eigenvalue weighted by Crippen LogP contribution is 2.38. The first-order valence-electron chi connectivity index (χ1n) is 10.4. The summed E-state index contributed by atoms with van der Waals surface area (Å²) >= 11 is 6.26. The number of aromatic amines is 1. The van der Waals surface area contributed by atoms with Crippen molar-refractivity contribution in [1.29, 1.82) is 0 Å². The largest absolute Gasteiger partial charge is 0.338 e. The van der Waals surface area contributed by atoms with E-state index < -0.39 is 5.91 Å². The number of nitrogens with one attached hydrogen (secondary N) is 2. The molecule has 1 aromatic heterocycles. The third-order valence-electron chi connectivity index (χ3n) is 6.13. The van der Waals surface area contributed by atoms with E-state index in [0.717, 1.165) is 47.2 Å². The summed E-state index contributed by atoms with van der Waals surface area (Å²) in [5.41, 5.74) is 2.83. The van der Waals surface area contributed by atoms with Crippen molar-refractivity contribution in [2.45, 2.75) is 25.7 Å². The number of nitrogens with zero attached hydrogens (tertiary/aromatic N) is 2. The van der Waals surface area contributed by atoms with Crippen LogP contribution in [0.4, 0.5) is 5.69 Å². The van der Waals surface area contributed by atoms with Crippen LogP contribution in [0.5, 0.6) is 0 Å². The van der Waals surface area contributed by atoms with Gasteiger partial charge in [-0.1, -0.05) is 36.6 Å². The molecule has 1 aliphatic heterocycles. The second-order valence-corrected chi connectivity index (χ2v) is 8.51. The molecule has 0 spiro atoms. The van der Waals surface area contributed by atoms with Gasteiger partial charge in [0.1, 0.15) is 12.4 Å². The van der Waals surface area contributed by atoms with Gasteiger partial charge in [0.15, 0.2) is 0 Å². The van der Waals surface area contributed by atoms with Crippen LogP contribution in [0.2, 0.25) is 5.02 Å². The van der Waals surface area contributed by atoms with Crippen molar-refractivity contribution >= 4 is 46.0 Å². The van der Waals surface area contributed by atoms with Crippen LogP contribution in [0.15, 0.2) is 42.5 Å². The van der Waals surface area contributed by atoms with Crippen LogP contribution in [-0.4, -0.2) is 39.1 Å². The third-order valence-corrected chi connectivity index (χ3v) is 6.46. The molecule has 8 heteroatoms. The van der Waals surface area contributed by atoms with E-state index in [9.17, 15) is 14.4 Å². The molecule has 2 unspecified atom stereocenters. The Morgan fingerprint density at radius 1 is 1.10 bits per heavy atom. The number of aromatic nitrogens is 2. The normalized spacial score (nSPS) is 20.9. The van der Waals surface area contributed by atoms with Gasteiger partial charge in [0, 0.05) is 11.3 Å². The molecule has 0 radical (unpaired) electrons. The van der Waals surface area contributed by atoms with Gasteiger partial charge in [0.2, 0.25) is 17.7 Å². The molecule has 2 fully saturated rings. The summed E-state index contributed by atoms with van der Waals surface area (Å²) in [7, 11) is 0. The van der Waals surface area contributed by atoms with E-state index in [1.54, 1.807) is 24.3 Å². The zero-order chi connectivity index (χ0) is 21.5. The molecule has 1 saturated carbocycles. The Labute approximate surface area is 183 Å². The molecular weight excluding hydrogens is 416 g/mol. The van der Waals surface area contributed by atoms with E-state index in [-0.39, 0.29) is 30.2 Å². The summed E-state index contributed by atoms with van der Waals surface area (Å²) in [5, 5.41) is 3.38. The molecule has 5 rings (SSSR count). The number of H-pyrrole nitrogens is 1. The van der Waals surface area contributed by atoms with Crippen molar-refractivity contribution in [3.05, 3.63) is 47.5 Å². The fourth-order valence-electron chi connectivity index (χ4n) is 4.60. The molecule has 1 aliphatic carbocycles. The van der Waals surface area contributed by atoms with Crippen molar-refractivity contribution in [2.24, 2.45) is 11.8 Å². The lowest BCUT2D eigenvalue weighted by Gasteiger charge is -2.19. The topological polar surface area (TPSA) is 95.2 Å². The van der Waals surface area contributed by atoms with Crippen molar-refractivity contribution in [2.75, 3.05) is 11.9 Å². The number of benzene rings is 2. The van der Waals surface area contributed by atoms with Crippen LogP contribution in [0.25, 0.3) is 22.4 Å². The fraction of sp³-hybridized carbons (Fsp3) is 0.304. The lowest BCUT2D eigenvalue weighted by Crippen LogP contribution is -2.38. The van der Waals surface area contributed by atoms with Gasteiger partial charge in [-0.05, 0) is 43.2 Å². The van der Waals surface area contributed by atoms with Crippen molar-refractivity contribution in [3.8, 4) is 11.4 Å². The maximum Gasteiger partial charge on any atom is 0.244 e. The van der Waals surface area contributed by atoms with Crippen LogP contribution in [-0.2, 0) is 14.4 Å². The molecule has 3 aromatic rings. The molecule has 158 valence electrons. The number of hydrogen-bond donors (Lipinski definition) is 2. The predicted octanol–water partition coefficient (Wildman–Crippen LogP) is 4.00. The second-order valence-electron chi connectivity index (χ2n) is 8.11. The molecule has 31 heavy (non-hydrogen) atoms. The van der Waals surface area contributed by atoms with Gasteiger partial charge in [-0.15, -0.1) is 0 Å². The molecule has 2 aliphatic rings. The molecule has 2 aromatic carbocycles. The van der Waals surface area contributed by atoms with E-state index in [1.807, 2.05) is 18.2 Å².